The molecule has 0 saturated carbocycles. The van der Waals surface area contributed by atoms with Gasteiger partial charge in [-0.05, 0) is 38.0 Å². The van der Waals surface area contributed by atoms with E-state index >= 15 is 0 Å². The third-order valence-electron chi connectivity index (χ3n) is 3.35. The largest absolute Gasteiger partial charge is 0.396 e. The fourth-order valence-corrected chi connectivity index (χ4v) is 2.49. The number of fused-ring (bicyclic) bond motifs is 1. The van der Waals surface area contributed by atoms with Crippen molar-refractivity contribution in [3.8, 4) is 0 Å². The standard InChI is InChI=1S/C15H20N2O/c1-10-9-14(12(7-8-18)11(2)16)13-5-3-4-6-15(13)17-10/h3-6,9,11-12,18H,7-8,16H2,1-2H3. The van der Waals surface area contributed by atoms with Crippen LogP contribution in [0.1, 0.15) is 30.5 Å². The summed E-state index contributed by atoms with van der Waals surface area (Å²) in [7, 11) is 0. The number of nitrogens with zero attached hydrogens (tertiary/aromatic N) is 1. The van der Waals surface area contributed by atoms with Gasteiger partial charge in [-0.15, -0.1) is 0 Å². The van der Waals surface area contributed by atoms with Gasteiger partial charge in [0.25, 0.3) is 0 Å². The highest BCUT2D eigenvalue weighted by Gasteiger charge is 2.18. The number of rotatable bonds is 4. The SMILES string of the molecule is Cc1cc(C(CCO)C(C)N)c2ccccc2n1. The average molecular weight is 244 g/mol. The summed E-state index contributed by atoms with van der Waals surface area (Å²) in [4.78, 5) is 4.53. The number of aryl methyl sites for hydroxylation is 1. The van der Waals surface area contributed by atoms with Gasteiger partial charge in [0.1, 0.15) is 0 Å². The molecule has 1 heterocycles. The minimum absolute atomic E-state index is 0.0161. The van der Waals surface area contributed by atoms with Gasteiger partial charge in [0, 0.05) is 29.6 Å². The second-order valence-corrected chi connectivity index (χ2v) is 4.85. The number of aromatic nitrogens is 1. The molecule has 0 radical (unpaired) electrons. The molecule has 1 aromatic heterocycles. The quantitative estimate of drug-likeness (QED) is 0.868. The van der Waals surface area contributed by atoms with Crippen LogP contribution in [-0.2, 0) is 0 Å². The Labute approximate surface area is 108 Å². The second-order valence-electron chi connectivity index (χ2n) is 4.85. The lowest BCUT2D eigenvalue weighted by Gasteiger charge is -2.22. The van der Waals surface area contributed by atoms with Crippen LogP contribution in [0.15, 0.2) is 30.3 Å². The van der Waals surface area contributed by atoms with Gasteiger partial charge in [-0.1, -0.05) is 18.2 Å². The Morgan fingerprint density at radius 2 is 2.06 bits per heavy atom. The second kappa shape index (κ2) is 5.46. The van der Waals surface area contributed by atoms with Crippen molar-refractivity contribution in [1.82, 2.24) is 4.98 Å². The molecule has 0 saturated heterocycles. The molecule has 0 aliphatic carbocycles. The maximum absolute atomic E-state index is 9.22. The fraction of sp³-hybridized carbons (Fsp3) is 0.400. The molecule has 2 aromatic rings. The smallest absolute Gasteiger partial charge is 0.0708 e. The molecule has 3 nitrogen and oxygen atoms in total. The highest BCUT2D eigenvalue weighted by Crippen LogP contribution is 2.29. The summed E-state index contributed by atoms with van der Waals surface area (Å²) in [5.74, 6) is 0.168. The Hall–Kier alpha value is -1.45. The Morgan fingerprint density at radius 1 is 1.33 bits per heavy atom. The molecule has 2 rings (SSSR count). The summed E-state index contributed by atoms with van der Waals surface area (Å²) in [6, 6.07) is 10.2. The lowest BCUT2D eigenvalue weighted by atomic mass is 9.87. The minimum Gasteiger partial charge on any atom is -0.396 e. The molecular weight excluding hydrogens is 224 g/mol. The average Bonchev–Trinajstić information content (AvgIpc) is 2.34. The van der Waals surface area contributed by atoms with E-state index in [1.165, 1.54) is 5.56 Å². The maximum Gasteiger partial charge on any atom is 0.0708 e. The third-order valence-corrected chi connectivity index (χ3v) is 3.35. The normalized spacial score (nSPS) is 14.7. The van der Waals surface area contributed by atoms with Gasteiger partial charge >= 0.3 is 0 Å². The van der Waals surface area contributed by atoms with E-state index < -0.39 is 0 Å². The van der Waals surface area contributed by atoms with Crippen molar-refractivity contribution >= 4 is 10.9 Å². The highest BCUT2D eigenvalue weighted by molar-refractivity contribution is 5.83. The van der Waals surface area contributed by atoms with Crippen molar-refractivity contribution in [3.05, 3.63) is 41.6 Å². The van der Waals surface area contributed by atoms with Crippen molar-refractivity contribution < 1.29 is 5.11 Å². The molecule has 3 heteroatoms. The van der Waals surface area contributed by atoms with Crippen LogP contribution >= 0.6 is 0 Å². The van der Waals surface area contributed by atoms with Crippen LogP contribution in [0.4, 0.5) is 0 Å². The Balaban J connectivity index is 2.60. The molecule has 3 N–H and O–H groups in total. The summed E-state index contributed by atoms with van der Waals surface area (Å²) in [6.07, 6.45) is 0.686. The van der Waals surface area contributed by atoms with Gasteiger partial charge in [-0.2, -0.15) is 0 Å². The number of aliphatic hydroxyl groups is 1. The Bertz CT molecular complexity index is 537. The van der Waals surface area contributed by atoms with E-state index in [1.807, 2.05) is 32.0 Å². The summed E-state index contributed by atoms with van der Waals surface area (Å²) in [6.45, 7) is 4.14. The Kier molecular flexibility index (Phi) is 3.94. The number of para-hydroxylation sites is 1. The summed E-state index contributed by atoms with van der Waals surface area (Å²) >= 11 is 0. The monoisotopic (exact) mass is 244 g/mol. The first-order chi connectivity index (χ1) is 8.63. The first-order valence-corrected chi connectivity index (χ1v) is 6.36. The number of hydrogen-bond acceptors (Lipinski definition) is 3. The van der Waals surface area contributed by atoms with E-state index in [0.29, 0.717) is 6.42 Å². The molecule has 96 valence electrons. The molecule has 2 atom stereocenters. The predicted molar refractivity (Wildman–Crippen MR) is 74.6 cm³/mol. The first kappa shape index (κ1) is 13.0. The number of aliphatic hydroxyl groups excluding tert-OH is 1. The van der Waals surface area contributed by atoms with E-state index in [9.17, 15) is 5.11 Å². The van der Waals surface area contributed by atoms with Crippen LogP contribution in [-0.4, -0.2) is 22.7 Å². The summed E-state index contributed by atoms with van der Waals surface area (Å²) in [5.41, 5.74) is 9.25. The van der Waals surface area contributed by atoms with E-state index in [0.717, 1.165) is 16.6 Å². The van der Waals surface area contributed by atoms with Crippen molar-refractivity contribution in [2.75, 3.05) is 6.61 Å². The Morgan fingerprint density at radius 3 is 2.72 bits per heavy atom. The molecule has 0 amide bonds. The maximum atomic E-state index is 9.22. The lowest BCUT2D eigenvalue weighted by Crippen LogP contribution is -2.26. The van der Waals surface area contributed by atoms with Crippen LogP contribution in [0, 0.1) is 6.92 Å². The van der Waals surface area contributed by atoms with E-state index in [1.54, 1.807) is 0 Å². The van der Waals surface area contributed by atoms with E-state index in [2.05, 4.69) is 17.1 Å². The molecule has 0 bridgehead atoms. The molecule has 0 fully saturated rings. The zero-order chi connectivity index (χ0) is 13.1. The number of nitrogens with two attached hydrogens (primary N) is 1. The minimum atomic E-state index is 0.0161. The number of benzene rings is 1. The van der Waals surface area contributed by atoms with Gasteiger partial charge in [0.15, 0.2) is 0 Å². The van der Waals surface area contributed by atoms with Crippen molar-refractivity contribution in [2.24, 2.45) is 5.73 Å². The zero-order valence-electron chi connectivity index (χ0n) is 10.9. The molecule has 2 unspecified atom stereocenters. The summed E-state index contributed by atoms with van der Waals surface area (Å²) in [5, 5.41) is 10.4. The van der Waals surface area contributed by atoms with Gasteiger partial charge in [-0.25, -0.2) is 0 Å². The van der Waals surface area contributed by atoms with E-state index in [4.69, 9.17) is 5.73 Å². The fourth-order valence-electron chi connectivity index (χ4n) is 2.49. The van der Waals surface area contributed by atoms with Crippen molar-refractivity contribution in [2.45, 2.75) is 32.2 Å². The topological polar surface area (TPSA) is 59.1 Å². The van der Waals surface area contributed by atoms with Gasteiger partial charge in [-0.3, -0.25) is 4.98 Å². The van der Waals surface area contributed by atoms with Gasteiger partial charge in [0.05, 0.1) is 5.52 Å². The van der Waals surface area contributed by atoms with Crippen LogP contribution in [0.3, 0.4) is 0 Å². The lowest BCUT2D eigenvalue weighted by molar-refractivity contribution is 0.269. The molecule has 18 heavy (non-hydrogen) atoms. The molecule has 1 aromatic carbocycles. The molecular formula is C15H20N2O. The van der Waals surface area contributed by atoms with Crippen molar-refractivity contribution in [1.29, 1.82) is 0 Å². The predicted octanol–water partition coefficient (Wildman–Crippen LogP) is 2.36. The molecule has 0 spiro atoms. The number of hydrogen-bond donors (Lipinski definition) is 2. The van der Waals surface area contributed by atoms with E-state index in [-0.39, 0.29) is 18.6 Å². The summed E-state index contributed by atoms with van der Waals surface area (Å²) < 4.78 is 0. The number of pyridine rings is 1. The van der Waals surface area contributed by atoms with Crippen LogP contribution in [0.25, 0.3) is 10.9 Å². The van der Waals surface area contributed by atoms with Gasteiger partial charge in [0.2, 0.25) is 0 Å². The molecule has 0 aliphatic heterocycles. The van der Waals surface area contributed by atoms with Crippen molar-refractivity contribution in [3.63, 3.8) is 0 Å². The molecule has 0 aliphatic rings. The first-order valence-electron chi connectivity index (χ1n) is 6.36. The highest BCUT2D eigenvalue weighted by atomic mass is 16.3. The van der Waals surface area contributed by atoms with Gasteiger partial charge < -0.3 is 10.8 Å². The van der Waals surface area contributed by atoms with Crippen LogP contribution in [0.2, 0.25) is 0 Å². The van der Waals surface area contributed by atoms with Crippen LogP contribution in [0.5, 0.6) is 0 Å². The third kappa shape index (κ3) is 2.52. The van der Waals surface area contributed by atoms with Crippen LogP contribution < -0.4 is 5.73 Å². The zero-order valence-corrected chi connectivity index (χ0v) is 10.9.